The quantitative estimate of drug-likeness (QED) is 0.945. The molecule has 1 atom stereocenters. The number of benzene rings is 1. The SMILES string of the molecule is CCC(O)(c1cccc(Br)c1)c1cnnn1C. The lowest BCUT2D eigenvalue weighted by Crippen LogP contribution is -2.29. The van der Waals surface area contributed by atoms with Crippen LogP contribution in [0.1, 0.15) is 24.6 Å². The van der Waals surface area contributed by atoms with Gasteiger partial charge in [-0.15, -0.1) is 5.10 Å². The summed E-state index contributed by atoms with van der Waals surface area (Å²) in [5.74, 6) is 0. The highest BCUT2D eigenvalue weighted by atomic mass is 79.9. The van der Waals surface area contributed by atoms with Crippen LogP contribution < -0.4 is 0 Å². The van der Waals surface area contributed by atoms with Gasteiger partial charge in [0.05, 0.1) is 11.9 Å². The fourth-order valence-electron chi connectivity index (χ4n) is 1.94. The number of hydrogen-bond donors (Lipinski definition) is 1. The van der Waals surface area contributed by atoms with E-state index >= 15 is 0 Å². The number of halogens is 1. The van der Waals surface area contributed by atoms with E-state index in [9.17, 15) is 5.11 Å². The lowest BCUT2D eigenvalue weighted by Gasteiger charge is -2.27. The first-order valence-corrected chi connectivity index (χ1v) is 6.21. The summed E-state index contributed by atoms with van der Waals surface area (Å²) in [7, 11) is 1.78. The molecule has 0 saturated heterocycles. The van der Waals surface area contributed by atoms with Crippen molar-refractivity contribution in [1.29, 1.82) is 0 Å². The van der Waals surface area contributed by atoms with Crippen molar-refractivity contribution < 1.29 is 5.11 Å². The molecular formula is C12H14BrN3O. The van der Waals surface area contributed by atoms with E-state index in [1.54, 1.807) is 17.9 Å². The molecule has 0 aliphatic carbocycles. The second kappa shape index (κ2) is 4.58. The van der Waals surface area contributed by atoms with Crippen molar-refractivity contribution >= 4 is 15.9 Å². The average molecular weight is 296 g/mol. The van der Waals surface area contributed by atoms with Gasteiger partial charge in [0, 0.05) is 11.5 Å². The van der Waals surface area contributed by atoms with Gasteiger partial charge in [0.15, 0.2) is 0 Å². The number of nitrogens with zero attached hydrogens (tertiary/aromatic N) is 3. The number of rotatable bonds is 3. The van der Waals surface area contributed by atoms with Crippen LogP contribution in [0.5, 0.6) is 0 Å². The summed E-state index contributed by atoms with van der Waals surface area (Å²) in [5.41, 5.74) is 0.472. The van der Waals surface area contributed by atoms with Gasteiger partial charge in [-0.2, -0.15) is 0 Å². The number of aliphatic hydroxyl groups is 1. The zero-order chi connectivity index (χ0) is 12.5. The van der Waals surface area contributed by atoms with E-state index in [-0.39, 0.29) is 0 Å². The van der Waals surface area contributed by atoms with Crippen LogP contribution in [0.4, 0.5) is 0 Å². The molecule has 1 heterocycles. The largest absolute Gasteiger partial charge is 0.379 e. The van der Waals surface area contributed by atoms with E-state index < -0.39 is 5.60 Å². The summed E-state index contributed by atoms with van der Waals surface area (Å²) in [5, 5.41) is 18.5. The third-order valence-corrected chi connectivity index (χ3v) is 3.45. The predicted molar refractivity (Wildman–Crippen MR) is 68.4 cm³/mol. The Morgan fingerprint density at radius 3 is 2.76 bits per heavy atom. The van der Waals surface area contributed by atoms with Gasteiger partial charge in [-0.1, -0.05) is 40.2 Å². The Labute approximate surface area is 108 Å². The van der Waals surface area contributed by atoms with Crippen molar-refractivity contribution in [3.05, 3.63) is 46.2 Å². The van der Waals surface area contributed by atoms with E-state index in [1.165, 1.54) is 0 Å². The molecule has 0 radical (unpaired) electrons. The summed E-state index contributed by atoms with van der Waals surface area (Å²) in [6.45, 7) is 1.94. The molecule has 17 heavy (non-hydrogen) atoms. The van der Waals surface area contributed by atoms with Gasteiger partial charge in [-0.25, -0.2) is 4.68 Å². The van der Waals surface area contributed by atoms with E-state index in [4.69, 9.17) is 0 Å². The first-order chi connectivity index (χ1) is 8.08. The highest BCUT2D eigenvalue weighted by Gasteiger charge is 2.33. The third-order valence-electron chi connectivity index (χ3n) is 2.95. The van der Waals surface area contributed by atoms with Gasteiger partial charge in [0.25, 0.3) is 0 Å². The summed E-state index contributed by atoms with van der Waals surface area (Å²) >= 11 is 3.42. The van der Waals surface area contributed by atoms with Crippen molar-refractivity contribution in [2.45, 2.75) is 18.9 Å². The third kappa shape index (κ3) is 2.12. The smallest absolute Gasteiger partial charge is 0.132 e. The van der Waals surface area contributed by atoms with Crippen molar-refractivity contribution in [2.75, 3.05) is 0 Å². The van der Waals surface area contributed by atoms with Crippen molar-refractivity contribution in [3.8, 4) is 0 Å². The molecule has 2 rings (SSSR count). The molecule has 0 spiro atoms. The molecule has 1 unspecified atom stereocenters. The number of hydrogen-bond acceptors (Lipinski definition) is 3. The molecule has 1 N–H and O–H groups in total. The molecule has 0 saturated carbocycles. The fraction of sp³-hybridized carbons (Fsp3) is 0.333. The molecular weight excluding hydrogens is 282 g/mol. The Morgan fingerprint density at radius 1 is 1.47 bits per heavy atom. The molecule has 0 amide bonds. The Morgan fingerprint density at radius 2 is 2.24 bits per heavy atom. The lowest BCUT2D eigenvalue weighted by atomic mass is 9.88. The minimum Gasteiger partial charge on any atom is -0.379 e. The minimum absolute atomic E-state index is 0.560. The molecule has 1 aromatic carbocycles. The van der Waals surface area contributed by atoms with Gasteiger partial charge in [-0.05, 0) is 24.1 Å². The second-order valence-corrected chi connectivity index (χ2v) is 4.88. The van der Waals surface area contributed by atoms with E-state index in [0.29, 0.717) is 12.1 Å². The molecule has 4 nitrogen and oxygen atoms in total. The summed E-state index contributed by atoms with van der Waals surface area (Å²) in [4.78, 5) is 0. The lowest BCUT2D eigenvalue weighted by molar-refractivity contribution is 0.0676. The van der Waals surface area contributed by atoms with Gasteiger partial charge >= 0.3 is 0 Å². The van der Waals surface area contributed by atoms with Crippen LogP contribution in [0.25, 0.3) is 0 Å². The van der Waals surface area contributed by atoms with Gasteiger partial charge in [0.2, 0.25) is 0 Å². The number of aromatic nitrogens is 3. The average Bonchev–Trinajstić information content (AvgIpc) is 2.75. The minimum atomic E-state index is -1.05. The maximum Gasteiger partial charge on any atom is 0.132 e. The van der Waals surface area contributed by atoms with Crippen LogP contribution in [0, 0.1) is 0 Å². The molecule has 2 aromatic rings. The van der Waals surface area contributed by atoms with Gasteiger partial charge in [-0.3, -0.25) is 0 Å². The Balaban J connectivity index is 2.55. The summed E-state index contributed by atoms with van der Waals surface area (Å²) in [6.07, 6.45) is 2.16. The molecule has 0 aliphatic rings. The van der Waals surface area contributed by atoms with E-state index in [2.05, 4.69) is 26.2 Å². The van der Waals surface area contributed by atoms with Crippen molar-refractivity contribution in [1.82, 2.24) is 15.0 Å². The van der Waals surface area contributed by atoms with Crippen LogP contribution in [-0.2, 0) is 12.6 Å². The van der Waals surface area contributed by atoms with E-state index in [0.717, 1.165) is 10.0 Å². The Kier molecular flexibility index (Phi) is 3.31. The zero-order valence-corrected chi connectivity index (χ0v) is 11.3. The zero-order valence-electron chi connectivity index (χ0n) is 9.76. The van der Waals surface area contributed by atoms with Crippen molar-refractivity contribution in [2.24, 2.45) is 7.05 Å². The second-order valence-electron chi connectivity index (χ2n) is 3.97. The first kappa shape index (κ1) is 12.3. The molecule has 1 aromatic heterocycles. The maximum atomic E-state index is 10.8. The highest BCUT2D eigenvalue weighted by molar-refractivity contribution is 9.10. The standard InChI is InChI=1S/C12H14BrN3O/c1-3-12(17,11-8-14-15-16(11)2)9-5-4-6-10(13)7-9/h4-8,17H,3H2,1-2H3. The maximum absolute atomic E-state index is 10.8. The Hall–Kier alpha value is -1.20. The Bertz CT molecular complexity index is 526. The normalized spacial score (nSPS) is 14.6. The van der Waals surface area contributed by atoms with Crippen LogP contribution in [-0.4, -0.2) is 20.1 Å². The van der Waals surface area contributed by atoms with Crippen LogP contribution in [0.3, 0.4) is 0 Å². The topological polar surface area (TPSA) is 50.9 Å². The number of aryl methyl sites for hydroxylation is 1. The van der Waals surface area contributed by atoms with E-state index in [1.807, 2.05) is 31.2 Å². The fourth-order valence-corrected chi connectivity index (χ4v) is 2.34. The predicted octanol–water partition coefficient (Wildman–Crippen LogP) is 2.22. The van der Waals surface area contributed by atoms with Crippen LogP contribution in [0.15, 0.2) is 34.9 Å². The van der Waals surface area contributed by atoms with Crippen LogP contribution in [0.2, 0.25) is 0 Å². The summed E-state index contributed by atoms with van der Waals surface area (Å²) in [6, 6.07) is 7.66. The molecule has 0 aliphatic heterocycles. The van der Waals surface area contributed by atoms with Gasteiger partial charge < -0.3 is 5.11 Å². The van der Waals surface area contributed by atoms with Crippen LogP contribution >= 0.6 is 15.9 Å². The molecule has 0 fully saturated rings. The molecule has 5 heteroatoms. The molecule has 0 bridgehead atoms. The molecule has 90 valence electrons. The monoisotopic (exact) mass is 295 g/mol. The first-order valence-electron chi connectivity index (χ1n) is 5.41. The summed E-state index contributed by atoms with van der Waals surface area (Å²) < 4.78 is 2.54. The van der Waals surface area contributed by atoms with Crippen molar-refractivity contribution in [3.63, 3.8) is 0 Å². The highest BCUT2D eigenvalue weighted by Crippen LogP contribution is 2.33. The van der Waals surface area contributed by atoms with Gasteiger partial charge in [0.1, 0.15) is 5.60 Å².